The number of para-hydroxylation sites is 2. The monoisotopic (exact) mass is 326 g/mol. The second kappa shape index (κ2) is 7.85. The van der Waals surface area contributed by atoms with Gasteiger partial charge in [-0.15, -0.1) is 0 Å². The summed E-state index contributed by atoms with van der Waals surface area (Å²) < 4.78 is 0. The average molecular weight is 326 g/mol. The van der Waals surface area contributed by atoms with E-state index < -0.39 is 0 Å². The fraction of sp³-hybridized carbons (Fsp3) is 0.0455. The van der Waals surface area contributed by atoms with Crippen LogP contribution in [-0.2, 0) is 0 Å². The minimum absolute atomic E-state index is 0.208. The highest BCUT2D eigenvalue weighted by atomic mass is 16.2. The lowest BCUT2D eigenvalue weighted by atomic mass is 10.1. The Hall–Kier alpha value is -3.51. The molecule has 0 unspecified atom stereocenters. The maximum Gasteiger partial charge on any atom is 0.326 e. The van der Waals surface area contributed by atoms with E-state index >= 15 is 0 Å². The van der Waals surface area contributed by atoms with Crippen molar-refractivity contribution in [3.8, 4) is 11.8 Å². The van der Waals surface area contributed by atoms with Crippen molar-refractivity contribution in [3.63, 3.8) is 0 Å². The van der Waals surface area contributed by atoms with Gasteiger partial charge in [0.05, 0.1) is 5.69 Å². The first kappa shape index (κ1) is 16.4. The Morgan fingerprint density at radius 2 is 1.40 bits per heavy atom. The largest absolute Gasteiger partial charge is 0.326 e. The van der Waals surface area contributed by atoms with E-state index in [1.54, 1.807) is 11.9 Å². The summed E-state index contributed by atoms with van der Waals surface area (Å²) in [5.41, 5.74) is 3.26. The summed E-state index contributed by atoms with van der Waals surface area (Å²) in [4.78, 5) is 14.1. The number of rotatable bonds is 2. The lowest BCUT2D eigenvalue weighted by Gasteiger charge is -2.19. The Kier molecular flexibility index (Phi) is 5.13. The molecule has 3 rings (SSSR count). The molecule has 0 atom stereocenters. The third-order valence-electron chi connectivity index (χ3n) is 3.71. The quantitative estimate of drug-likeness (QED) is 0.677. The predicted molar refractivity (Wildman–Crippen MR) is 103 cm³/mol. The molecule has 3 nitrogen and oxygen atoms in total. The number of nitrogens with zero attached hydrogens (tertiary/aromatic N) is 1. The van der Waals surface area contributed by atoms with Gasteiger partial charge < -0.3 is 5.32 Å². The van der Waals surface area contributed by atoms with Crippen molar-refractivity contribution in [2.45, 2.75) is 0 Å². The molecule has 25 heavy (non-hydrogen) atoms. The van der Waals surface area contributed by atoms with Gasteiger partial charge in [0.15, 0.2) is 0 Å². The van der Waals surface area contributed by atoms with Gasteiger partial charge in [-0.25, -0.2) is 4.79 Å². The molecule has 3 heteroatoms. The predicted octanol–water partition coefficient (Wildman–Crippen LogP) is 4.75. The van der Waals surface area contributed by atoms with Crippen molar-refractivity contribution < 1.29 is 4.79 Å². The third-order valence-corrected chi connectivity index (χ3v) is 3.71. The molecule has 3 aromatic rings. The number of hydrogen-bond acceptors (Lipinski definition) is 1. The molecule has 0 heterocycles. The van der Waals surface area contributed by atoms with Crippen LogP contribution in [0, 0.1) is 11.8 Å². The molecule has 0 saturated heterocycles. The lowest BCUT2D eigenvalue weighted by molar-refractivity contribution is 0.258. The van der Waals surface area contributed by atoms with E-state index in [0.29, 0.717) is 0 Å². The molecule has 0 radical (unpaired) electrons. The van der Waals surface area contributed by atoms with Crippen LogP contribution in [0.5, 0.6) is 0 Å². The Morgan fingerprint density at radius 3 is 2.12 bits per heavy atom. The van der Waals surface area contributed by atoms with E-state index in [1.165, 1.54) is 0 Å². The number of nitrogens with one attached hydrogen (secondary N) is 1. The number of anilines is 2. The van der Waals surface area contributed by atoms with E-state index in [0.717, 1.165) is 22.5 Å². The molecule has 0 saturated carbocycles. The minimum Gasteiger partial charge on any atom is -0.308 e. The van der Waals surface area contributed by atoms with Crippen LogP contribution in [-0.4, -0.2) is 13.1 Å². The lowest BCUT2D eigenvalue weighted by Crippen LogP contribution is -2.31. The van der Waals surface area contributed by atoms with Crippen molar-refractivity contribution in [3.05, 3.63) is 96.1 Å². The maximum atomic E-state index is 12.5. The molecule has 1 N–H and O–H groups in total. The summed E-state index contributed by atoms with van der Waals surface area (Å²) in [5.74, 6) is 6.29. The fourth-order valence-electron chi connectivity index (χ4n) is 2.37. The van der Waals surface area contributed by atoms with Gasteiger partial charge in [-0.2, -0.15) is 0 Å². The molecule has 3 aromatic carbocycles. The molecule has 0 bridgehead atoms. The van der Waals surface area contributed by atoms with Crippen LogP contribution in [0.2, 0.25) is 0 Å². The zero-order valence-corrected chi connectivity index (χ0v) is 13.9. The summed E-state index contributed by atoms with van der Waals surface area (Å²) in [7, 11) is 1.74. The van der Waals surface area contributed by atoms with Gasteiger partial charge in [-0.05, 0) is 36.4 Å². The Labute approximate surface area is 147 Å². The van der Waals surface area contributed by atoms with Gasteiger partial charge >= 0.3 is 6.03 Å². The van der Waals surface area contributed by atoms with Crippen molar-refractivity contribution in [1.82, 2.24) is 0 Å². The molecule has 0 aliphatic rings. The highest BCUT2D eigenvalue weighted by molar-refractivity contribution is 6.02. The summed E-state index contributed by atoms with van der Waals surface area (Å²) >= 11 is 0. The van der Waals surface area contributed by atoms with Gasteiger partial charge in [-0.3, -0.25) is 4.90 Å². The average Bonchev–Trinajstić information content (AvgIpc) is 2.67. The van der Waals surface area contributed by atoms with E-state index in [-0.39, 0.29) is 6.03 Å². The Bertz CT molecular complexity index is 909. The summed E-state index contributed by atoms with van der Waals surface area (Å²) in [6.07, 6.45) is 0. The van der Waals surface area contributed by atoms with Crippen molar-refractivity contribution in [2.75, 3.05) is 17.3 Å². The number of benzene rings is 3. The zero-order valence-electron chi connectivity index (χ0n) is 13.9. The van der Waals surface area contributed by atoms with Crippen LogP contribution in [0.1, 0.15) is 11.1 Å². The summed E-state index contributed by atoms with van der Waals surface area (Å²) in [6.45, 7) is 0. The summed E-state index contributed by atoms with van der Waals surface area (Å²) in [5, 5.41) is 2.88. The topological polar surface area (TPSA) is 32.3 Å². The second-order valence-corrected chi connectivity index (χ2v) is 5.49. The molecular formula is C22H18N2O. The number of amides is 2. The first-order valence-electron chi connectivity index (χ1n) is 8.00. The smallest absolute Gasteiger partial charge is 0.308 e. The Balaban J connectivity index is 1.83. The highest BCUT2D eigenvalue weighted by Gasteiger charge is 2.13. The van der Waals surface area contributed by atoms with E-state index in [2.05, 4.69) is 17.2 Å². The molecule has 0 aromatic heterocycles. The van der Waals surface area contributed by atoms with Crippen LogP contribution in [0.4, 0.5) is 16.2 Å². The molecule has 0 spiro atoms. The SMILES string of the molecule is CN(C(=O)Nc1ccccc1)c1ccccc1C#Cc1ccccc1. The second-order valence-electron chi connectivity index (χ2n) is 5.49. The number of carbonyl (C=O) groups is 1. The maximum absolute atomic E-state index is 12.5. The van der Waals surface area contributed by atoms with E-state index in [9.17, 15) is 4.79 Å². The number of urea groups is 1. The van der Waals surface area contributed by atoms with Crippen LogP contribution >= 0.6 is 0 Å². The molecule has 0 aliphatic heterocycles. The van der Waals surface area contributed by atoms with E-state index in [4.69, 9.17) is 0 Å². The summed E-state index contributed by atoms with van der Waals surface area (Å²) in [6, 6.07) is 26.6. The van der Waals surface area contributed by atoms with Crippen LogP contribution in [0.25, 0.3) is 0 Å². The van der Waals surface area contributed by atoms with Crippen molar-refractivity contribution >= 4 is 17.4 Å². The van der Waals surface area contributed by atoms with Crippen LogP contribution in [0.3, 0.4) is 0 Å². The normalized spacial score (nSPS) is 9.64. The van der Waals surface area contributed by atoms with Crippen LogP contribution < -0.4 is 10.2 Å². The third kappa shape index (κ3) is 4.27. The van der Waals surface area contributed by atoms with Crippen LogP contribution in [0.15, 0.2) is 84.9 Å². The van der Waals surface area contributed by atoms with Crippen molar-refractivity contribution in [1.29, 1.82) is 0 Å². The molecular weight excluding hydrogens is 308 g/mol. The van der Waals surface area contributed by atoms with Crippen molar-refractivity contribution in [2.24, 2.45) is 0 Å². The van der Waals surface area contributed by atoms with E-state index in [1.807, 2.05) is 84.9 Å². The van der Waals surface area contributed by atoms with Gasteiger partial charge in [0.1, 0.15) is 0 Å². The van der Waals surface area contributed by atoms with Gasteiger partial charge in [-0.1, -0.05) is 60.4 Å². The first-order chi connectivity index (χ1) is 12.2. The standard InChI is InChI=1S/C22H18N2O/c1-24(22(25)23-20-13-6-3-7-14-20)21-15-9-8-12-19(21)17-16-18-10-4-2-5-11-18/h2-15H,1H3,(H,23,25). The number of carbonyl (C=O) groups excluding carboxylic acids is 1. The first-order valence-corrected chi connectivity index (χ1v) is 8.00. The highest BCUT2D eigenvalue weighted by Crippen LogP contribution is 2.19. The zero-order chi connectivity index (χ0) is 17.5. The molecule has 0 fully saturated rings. The Morgan fingerprint density at radius 1 is 0.800 bits per heavy atom. The van der Waals surface area contributed by atoms with Gasteiger partial charge in [0, 0.05) is 23.9 Å². The molecule has 2 amide bonds. The molecule has 0 aliphatic carbocycles. The minimum atomic E-state index is -0.208. The van der Waals surface area contributed by atoms with Gasteiger partial charge in [0.25, 0.3) is 0 Å². The van der Waals surface area contributed by atoms with Gasteiger partial charge in [0.2, 0.25) is 0 Å². The number of hydrogen-bond donors (Lipinski definition) is 1. The fourth-order valence-corrected chi connectivity index (χ4v) is 2.37. The molecule has 122 valence electrons.